The molecule has 1 rings (SSSR count). The summed E-state index contributed by atoms with van der Waals surface area (Å²) in [6.45, 7) is 2.50. The molecule has 0 aromatic rings. The summed E-state index contributed by atoms with van der Waals surface area (Å²) in [6, 6.07) is 0. The van der Waals surface area contributed by atoms with Crippen molar-refractivity contribution in [2.24, 2.45) is 0 Å². The van der Waals surface area contributed by atoms with E-state index in [4.69, 9.17) is 17.5 Å². The molecule has 0 saturated carbocycles. The van der Waals surface area contributed by atoms with E-state index in [1.54, 1.807) is 0 Å². The standard InChI is InChI=1S/C2H5N.H2O4S/c1-2-3-1;1-5(2,3)4/h3H,1-2H2;(H2,1,2,3,4). The molecule has 1 saturated heterocycles. The van der Waals surface area contributed by atoms with E-state index in [1.807, 2.05) is 0 Å². The van der Waals surface area contributed by atoms with Gasteiger partial charge in [0.2, 0.25) is 0 Å². The van der Waals surface area contributed by atoms with Gasteiger partial charge in [0.05, 0.1) is 0 Å². The molecule has 1 aliphatic rings. The molecule has 0 spiro atoms. The van der Waals surface area contributed by atoms with Crippen LogP contribution in [0.3, 0.4) is 0 Å². The van der Waals surface area contributed by atoms with Crippen LogP contribution in [0.4, 0.5) is 0 Å². The van der Waals surface area contributed by atoms with Crippen molar-refractivity contribution < 1.29 is 17.5 Å². The van der Waals surface area contributed by atoms with Gasteiger partial charge < -0.3 is 5.32 Å². The van der Waals surface area contributed by atoms with Crippen LogP contribution in [0, 0.1) is 0 Å². The van der Waals surface area contributed by atoms with E-state index in [0.29, 0.717) is 0 Å². The Bertz CT molecular complexity index is 125. The minimum Gasteiger partial charge on any atom is -0.314 e. The first-order valence-corrected chi connectivity index (χ1v) is 3.30. The third kappa shape index (κ3) is 197. The maximum atomic E-state index is 8.74. The lowest BCUT2D eigenvalue weighted by Gasteiger charge is -1.68. The molecule has 1 aliphatic heterocycles. The highest BCUT2D eigenvalue weighted by Crippen LogP contribution is 1.65. The van der Waals surface area contributed by atoms with Gasteiger partial charge in [0.25, 0.3) is 0 Å². The van der Waals surface area contributed by atoms with Crippen molar-refractivity contribution in [1.82, 2.24) is 5.32 Å². The Labute approximate surface area is 47.3 Å². The summed E-state index contributed by atoms with van der Waals surface area (Å²) in [7, 11) is -4.67. The predicted molar refractivity (Wildman–Crippen MR) is 27.0 cm³/mol. The zero-order valence-corrected chi connectivity index (χ0v) is 4.85. The number of hydrogen-bond donors (Lipinski definition) is 3. The highest BCUT2D eigenvalue weighted by molar-refractivity contribution is 7.79. The summed E-state index contributed by atoms with van der Waals surface area (Å²) in [4.78, 5) is 0. The van der Waals surface area contributed by atoms with Crippen molar-refractivity contribution in [3.63, 3.8) is 0 Å². The number of hydrogen-bond acceptors (Lipinski definition) is 3. The van der Waals surface area contributed by atoms with Gasteiger partial charge in [-0.05, 0) is 0 Å². The van der Waals surface area contributed by atoms with E-state index in [0.717, 1.165) is 0 Å². The van der Waals surface area contributed by atoms with Gasteiger partial charge in [0, 0.05) is 13.1 Å². The fourth-order valence-electron chi connectivity index (χ4n) is 0. The maximum Gasteiger partial charge on any atom is 0.394 e. The fourth-order valence-corrected chi connectivity index (χ4v) is 0. The van der Waals surface area contributed by atoms with Gasteiger partial charge >= 0.3 is 10.4 Å². The van der Waals surface area contributed by atoms with E-state index in [-0.39, 0.29) is 0 Å². The van der Waals surface area contributed by atoms with E-state index in [2.05, 4.69) is 5.32 Å². The summed E-state index contributed by atoms with van der Waals surface area (Å²) in [5.74, 6) is 0. The molecule has 8 heavy (non-hydrogen) atoms. The normalized spacial score (nSPS) is 16.2. The Balaban J connectivity index is 0.000000135. The van der Waals surface area contributed by atoms with Crippen LogP contribution in [-0.4, -0.2) is 30.6 Å². The first-order chi connectivity index (χ1) is 3.50. The van der Waals surface area contributed by atoms with E-state index < -0.39 is 10.4 Å². The summed E-state index contributed by atoms with van der Waals surface area (Å²) in [5.41, 5.74) is 0. The van der Waals surface area contributed by atoms with E-state index in [1.165, 1.54) is 13.1 Å². The van der Waals surface area contributed by atoms with Crippen molar-refractivity contribution in [3.05, 3.63) is 0 Å². The monoisotopic (exact) mass is 141 g/mol. The SMILES string of the molecule is C1CN1.O=S(=O)(O)O. The Morgan fingerprint density at radius 3 is 1.38 bits per heavy atom. The van der Waals surface area contributed by atoms with Gasteiger partial charge in [-0.25, -0.2) is 0 Å². The molecule has 0 radical (unpaired) electrons. The predicted octanol–water partition coefficient (Wildman–Crippen LogP) is -1.06. The van der Waals surface area contributed by atoms with Crippen LogP contribution in [0.2, 0.25) is 0 Å². The highest BCUT2D eigenvalue weighted by atomic mass is 32.3. The maximum absolute atomic E-state index is 8.74. The van der Waals surface area contributed by atoms with Crippen molar-refractivity contribution in [1.29, 1.82) is 0 Å². The van der Waals surface area contributed by atoms with Crippen LogP contribution in [0.25, 0.3) is 0 Å². The molecule has 0 amide bonds. The van der Waals surface area contributed by atoms with Crippen molar-refractivity contribution in [2.75, 3.05) is 13.1 Å². The lowest BCUT2D eigenvalue weighted by Crippen LogP contribution is -1.89. The third-order valence-corrected chi connectivity index (χ3v) is 0.250. The van der Waals surface area contributed by atoms with E-state index in [9.17, 15) is 0 Å². The summed E-state index contributed by atoms with van der Waals surface area (Å²) in [6.07, 6.45) is 0. The highest BCUT2D eigenvalue weighted by Gasteiger charge is 1.91. The van der Waals surface area contributed by atoms with E-state index >= 15 is 0 Å². The average molecular weight is 141 g/mol. The van der Waals surface area contributed by atoms with Crippen molar-refractivity contribution in [3.8, 4) is 0 Å². The minimum atomic E-state index is -4.67. The fraction of sp³-hybridized carbons (Fsp3) is 1.00. The first-order valence-electron chi connectivity index (χ1n) is 1.91. The van der Waals surface area contributed by atoms with Crippen LogP contribution < -0.4 is 5.32 Å². The second-order valence-electron chi connectivity index (χ2n) is 1.20. The molecule has 0 aromatic carbocycles. The van der Waals surface area contributed by atoms with Crippen molar-refractivity contribution >= 4 is 10.4 Å². The summed E-state index contributed by atoms with van der Waals surface area (Å²) in [5, 5.41) is 3.00. The molecular weight excluding hydrogens is 134 g/mol. The zero-order valence-electron chi connectivity index (χ0n) is 4.03. The largest absolute Gasteiger partial charge is 0.394 e. The van der Waals surface area contributed by atoms with Gasteiger partial charge in [0.15, 0.2) is 0 Å². The second-order valence-corrected chi connectivity index (χ2v) is 2.09. The van der Waals surface area contributed by atoms with Crippen LogP contribution in [-0.2, 0) is 10.4 Å². The zero-order chi connectivity index (χ0) is 6.62. The molecule has 0 unspecified atom stereocenters. The van der Waals surface area contributed by atoms with Crippen LogP contribution in [0.1, 0.15) is 0 Å². The summed E-state index contributed by atoms with van der Waals surface area (Å²) < 4.78 is 31.6. The van der Waals surface area contributed by atoms with Gasteiger partial charge in [0.1, 0.15) is 0 Å². The van der Waals surface area contributed by atoms with Gasteiger partial charge in [-0.2, -0.15) is 8.42 Å². The number of nitrogens with one attached hydrogen (secondary N) is 1. The molecule has 0 atom stereocenters. The Hall–Kier alpha value is -0.170. The second kappa shape index (κ2) is 2.98. The summed E-state index contributed by atoms with van der Waals surface area (Å²) >= 11 is 0. The smallest absolute Gasteiger partial charge is 0.314 e. The van der Waals surface area contributed by atoms with Gasteiger partial charge in [-0.3, -0.25) is 9.11 Å². The molecule has 0 aliphatic carbocycles. The average Bonchev–Trinajstić information content (AvgIpc) is 1.95. The van der Waals surface area contributed by atoms with Gasteiger partial charge in [-0.15, -0.1) is 0 Å². The Morgan fingerprint density at radius 1 is 1.25 bits per heavy atom. The topological polar surface area (TPSA) is 96.5 Å². The van der Waals surface area contributed by atoms with Crippen LogP contribution in [0.15, 0.2) is 0 Å². The Kier molecular flexibility index (Phi) is 2.91. The number of rotatable bonds is 0. The van der Waals surface area contributed by atoms with Crippen molar-refractivity contribution in [2.45, 2.75) is 0 Å². The lowest BCUT2D eigenvalue weighted by atomic mass is 11.0. The molecule has 0 aromatic heterocycles. The Morgan fingerprint density at radius 2 is 1.38 bits per heavy atom. The third-order valence-electron chi connectivity index (χ3n) is 0.250. The molecule has 1 fully saturated rings. The molecule has 0 bridgehead atoms. The van der Waals surface area contributed by atoms with Gasteiger partial charge in [-0.1, -0.05) is 0 Å². The molecule has 50 valence electrons. The van der Waals surface area contributed by atoms with Crippen LogP contribution in [0.5, 0.6) is 0 Å². The molecule has 3 N–H and O–H groups in total. The quantitative estimate of drug-likeness (QED) is 0.295. The molecule has 6 heteroatoms. The van der Waals surface area contributed by atoms with Crippen LogP contribution >= 0.6 is 0 Å². The first kappa shape index (κ1) is 7.83. The molecule has 5 nitrogen and oxygen atoms in total. The lowest BCUT2D eigenvalue weighted by molar-refractivity contribution is 0.381. The minimum absolute atomic E-state index is 1.25. The molecular formula is C2H7NO4S. The molecule has 1 heterocycles.